The highest BCUT2D eigenvalue weighted by molar-refractivity contribution is 7.89. The lowest BCUT2D eigenvalue weighted by molar-refractivity contribution is -0.141. The SMILES string of the molecule is CCCNC(=O)[C@H](Cc1ccccc1)N(Cc1ccc(Cl)cc1Cl)C(=O)CN(C)S(=O)(=O)c1ccc(Cl)cc1. The number of carbonyl (C=O) groups is 2. The molecule has 0 aliphatic heterocycles. The van der Waals surface area contributed by atoms with Crippen LogP contribution < -0.4 is 5.32 Å². The first-order chi connectivity index (χ1) is 18.5. The lowest BCUT2D eigenvalue weighted by Gasteiger charge is -2.33. The van der Waals surface area contributed by atoms with E-state index in [-0.39, 0.29) is 23.8 Å². The Morgan fingerprint density at radius 2 is 1.56 bits per heavy atom. The van der Waals surface area contributed by atoms with Crippen LogP contribution in [-0.2, 0) is 32.6 Å². The Morgan fingerprint density at radius 1 is 0.923 bits per heavy atom. The first-order valence-corrected chi connectivity index (χ1v) is 14.9. The Hall–Kier alpha value is -2.62. The molecule has 0 aliphatic rings. The maximum atomic E-state index is 13.8. The summed E-state index contributed by atoms with van der Waals surface area (Å²) in [6.45, 7) is 1.83. The number of rotatable bonds is 12. The molecular formula is C28H30Cl3N3O4S. The molecule has 3 aromatic rings. The van der Waals surface area contributed by atoms with Crippen LogP contribution >= 0.6 is 34.8 Å². The minimum atomic E-state index is -4.01. The highest BCUT2D eigenvalue weighted by atomic mass is 35.5. The maximum Gasteiger partial charge on any atom is 0.243 e. The van der Waals surface area contributed by atoms with E-state index in [4.69, 9.17) is 34.8 Å². The van der Waals surface area contributed by atoms with Crippen LogP contribution in [0, 0.1) is 0 Å². The summed E-state index contributed by atoms with van der Waals surface area (Å²) in [5.41, 5.74) is 1.41. The average molecular weight is 611 g/mol. The number of halogens is 3. The van der Waals surface area contributed by atoms with Crippen molar-refractivity contribution >= 4 is 56.6 Å². The molecule has 39 heavy (non-hydrogen) atoms. The molecule has 3 rings (SSSR count). The summed E-state index contributed by atoms with van der Waals surface area (Å²) in [5, 5.41) is 4.03. The summed E-state index contributed by atoms with van der Waals surface area (Å²) in [7, 11) is -2.69. The minimum Gasteiger partial charge on any atom is -0.354 e. The van der Waals surface area contributed by atoms with Crippen LogP contribution in [0.5, 0.6) is 0 Å². The lowest BCUT2D eigenvalue weighted by Crippen LogP contribution is -2.53. The molecule has 0 unspecified atom stereocenters. The van der Waals surface area contributed by atoms with Crippen molar-refractivity contribution in [1.29, 1.82) is 0 Å². The molecule has 0 radical (unpaired) electrons. The molecule has 0 heterocycles. The van der Waals surface area contributed by atoms with Gasteiger partial charge in [0.1, 0.15) is 6.04 Å². The van der Waals surface area contributed by atoms with Gasteiger partial charge in [0.2, 0.25) is 21.8 Å². The van der Waals surface area contributed by atoms with E-state index >= 15 is 0 Å². The van der Waals surface area contributed by atoms with Crippen molar-refractivity contribution in [1.82, 2.24) is 14.5 Å². The van der Waals surface area contributed by atoms with Crippen LogP contribution in [0.4, 0.5) is 0 Å². The number of sulfonamides is 1. The molecule has 208 valence electrons. The fourth-order valence-electron chi connectivity index (χ4n) is 3.91. The van der Waals surface area contributed by atoms with Gasteiger partial charge in [-0.05, 0) is 53.9 Å². The molecule has 0 bridgehead atoms. The molecule has 0 aliphatic carbocycles. The Balaban J connectivity index is 1.98. The van der Waals surface area contributed by atoms with E-state index in [1.807, 2.05) is 37.3 Å². The third-order valence-corrected chi connectivity index (χ3v) is 8.71. The predicted molar refractivity (Wildman–Crippen MR) is 156 cm³/mol. The second-order valence-electron chi connectivity index (χ2n) is 8.97. The Labute approximate surface area is 244 Å². The first-order valence-electron chi connectivity index (χ1n) is 12.3. The summed E-state index contributed by atoms with van der Waals surface area (Å²) in [6, 6.07) is 18.9. The summed E-state index contributed by atoms with van der Waals surface area (Å²) < 4.78 is 27.3. The van der Waals surface area contributed by atoms with E-state index in [2.05, 4.69) is 5.32 Å². The van der Waals surface area contributed by atoms with Gasteiger partial charge < -0.3 is 10.2 Å². The second kappa shape index (κ2) is 14.1. The van der Waals surface area contributed by atoms with Gasteiger partial charge in [0.25, 0.3) is 0 Å². The van der Waals surface area contributed by atoms with Gasteiger partial charge >= 0.3 is 0 Å². The van der Waals surface area contributed by atoms with Crippen LogP contribution in [0.15, 0.2) is 77.7 Å². The van der Waals surface area contributed by atoms with Crippen LogP contribution in [0.2, 0.25) is 15.1 Å². The topological polar surface area (TPSA) is 86.8 Å². The summed E-state index contributed by atoms with van der Waals surface area (Å²) in [5.74, 6) is -0.906. The number of likely N-dealkylation sites (N-methyl/N-ethyl adjacent to an activating group) is 1. The molecule has 11 heteroatoms. The quantitative estimate of drug-likeness (QED) is 0.296. The fraction of sp³-hybridized carbons (Fsp3) is 0.286. The van der Waals surface area contributed by atoms with Crippen molar-refractivity contribution < 1.29 is 18.0 Å². The highest BCUT2D eigenvalue weighted by Crippen LogP contribution is 2.25. The Kier molecular flexibility index (Phi) is 11.2. The van der Waals surface area contributed by atoms with Gasteiger partial charge in [-0.15, -0.1) is 0 Å². The van der Waals surface area contributed by atoms with E-state index in [1.165, 1.54) is 36.2 Å². The third-order valence-electron chi connectivity index (χ3n) is 6.06. The van der Waals surface area contributed by atoms with Crippen molar-refractivity contribution in [3.63, 3.8) is 0 Å². The van der Waals surface area contributed by atoms with Gasteiger partial charge in [-0.3, -0.25) is 9.59 Å². The normalized spacial score (nSPS) is 12.3. The molecule has 2 amide bonds. The van der Waals surface area contributed by atoms with Crippen LogP contribution in [0.25, 0.3) is 0 Å². The Morgan fingerprint density at radius 3 is 2.18 bits per heavy atom. The molecule has 0 spiro atoms. The molecule has 7 nitrogen and oxygen atoms in total. The Bertz CT molecular complexity index is 1390. The van der Waals surface area contributed by atoms with Crippen molar-refractivity contribution in [2.24, 2.45) is 0 Å². The molecule has 0 aromatic heterocycles. The van der Waals surface area contributed by atoms with Gasteiger partial charge in [-0.25, -0.2) is 8.42 Å². The maximum absolute atomic E-state index is 13.8. The van der Waals surface area contributed by atoms with Gasteiger partial charge in [0.05, 0.1) is 11.4 Å². The summed E-state index contributed by atoms with van der Waals surface area (Å²) >= 11 is 18.4. The zero-order valence-electron chi connectivity index (χ0n) is 21.6. The number of carbonyl (C=O) groups excluding carboxylic acids is 2. The number of nitrogens with one attached hydrogen (secondary N) is 1. The molecule has 1 atom stereocenters. The smallest absolute Gasteiger partial charge is 0.243 e. The first kappa shape index (κ1) is 30.9. The molecule has 0 saturated heterocycles. The van der Waals surface area contributed by atoms with E-state index in [9.17, 15) is 18.0 Å². The largest absolute Gasteiger partial charge is 0.354 e. The number of benzene rings is 3. The fourth-order valence-corrected chi connectivity index (χ4v) is 5.62. The molecule has 3 aromatic carbocycles. The third kappa shape index (κ3) is 8.43. The number of nitrogens with zero attached hydrogens (tertiary/aromatic N) is 2. The van der Waals surface area contributed by atoms with Crippen LogP contribution in [-0.4, -0.2) is 55.6 Å². The van der Waals surface area contributed by atoms with E-state index < -0.39 is 28.5 Å². The van der Waals surface area contributed by atoms with Crippen LogP contribution in [0.1, 0.15) is 24.5 Å². The standard InChI is InChI=1S/C28H30Cl3N3O4S/c1-3-15-32-28(36)26(16-20-7-5-4-6-8-20)34(18-21-9-10-23(30)17-25(21)31)27(35)19-33(2)39(37,38)24-13-11-22(29)12-14-24/h4-14,17,26H,3,15-16,18-19H2,1-2H3,(H,32,36)/t26-/m0/s1. The molecule has 0 saturated carbocycles. The van der Waals surface area contributed by atoms with E-state index in [1.54, 1.807) is 18.2 Å². The van der Waals surface area contributed by atoms with Gasteiger partial charge in [-0.2, -0.15) is 4.31 Å². The number of hydrogen-bond donors (Lipinski definition) is 1. The minimum absolute atomic E-state index is 0.00369. The zero-order chi connectivity index (χ0) is 28.6. The molecule has 0 fully saturated rings. The van der Waals surface area contributed by atoms with Crippen molar-refractivity contribution in [3.05, 3.63) is 99.0 Å². The van der Waals surface area contributed by atoms with Crippen molar-refractivity contribution in [3.8, 4) is 0 Å². The molecular weight excluding hydrogens is 581 g/mol. The predicted octanol–water partition coefficient (Wildman–Crippen LogP) is 5.43. The van der Waals surface area contributed by atoms with E-state index in [0.717, 1.165) is 9.87 Å². The average Bonchev–Trinajstić information content (AvgIpc) is 2.91. The monoisotopic (exact) mass is 609 g/mol. The van der Waals surface area contributed by atoms with Crippen molar-refractivity contribution in [2.75, 3.05) is 20.1 Å². The number of amides is 2. The van der Waals surface area contributed by atoms with Crippen LogP contribution in [0.3, 0.4) is 0 Å². The van der Waals surface area contributed by atoms with E-state index in [0.29, 0.717) is 33.6 Å². The lowest BCUT2D eigenvalue weighted by atomic mass is 10.0. The summed E-state index contributed by atoms with van der Waals surface area (Å²) in [6.07, 6.45) is 0.934. The zero-order valence-corrected chi connectivity index (χ0v) is 24.7. The summed E-state index contributed by atoms with van der Waals surface area (Å²) in [4.78, 5) is 28.6. The van der Waals surface area contributed by atoms with Crippen molar-refractivity contribution in [2.45, 2.75) is 37.2 Å². The molecule has 1 N–H and O–H groups in total. The van der Waals surface area contributed by atoms with Gasteiger partial charge in [0, 0.05) is 41.6 Å². The van der Waals surface area contributed by atoms with Gasteiger partial charge in [0.15, 0.2) is 0 Å². The number of hydrogen-bond acceptors (Lipinski definition) is 4. The highest BCUT2D eigenvalue weighted by Gasteiger charge is 2.33. The second-order valence-corrected chi connectivity index (χ2v) is 12.3. The van der Waals surface area contributed by atoms with Gasteiger partial charge in [-0.1, -0.05) is 78.1 Å².